The fraction of sp³-hybridized carbons (Fsp3) is 0.211. The van der Waals surface area contributed by atoms with Crippen molar-refractivity contribution in [2.45, 2.75) is 13.5 Å². The summed E-state index contributed by atoms with van der Waals surface area (Å²) in [6.07, 6.45) is 0. The molecule has 0 bridgehead atoms. The molecule has 0 aliphatic rings. The van der Waals surface area contributed by atoms with Crippen LogP contribution in [0, 0.1) is 11.3 Å². The summed E-state index contributed by atoms with van der Waals surface area (Å²) in [5.41, 5.74) is 1.83. The molecule has 2 aromatic carbocycles. The van der Waals surface area contributed by atoms with E-state index in [9.17, 15) is 14.9 Å². The highest BCUT2D eigenvalue weighted by Gasteiger charge is 2.20. The molecule has 2 amide bonds. The topological polar surface area (TPSA) is 64.4 Å². The first-order valence-electron chi connectivity index (χ1n) is 7.58. The third-order valence-corrected chi connectivity index (χ3v) is 3.68. The highest BCUT2D eigenvalue weighted by molar-refractivity contribution is 5.98. The maximum atomic E-state index is 12.5. The van der Waals surface area contributed by atoms with E-state index in [-0.39, 0.29) is 18.4 Å². The Morgan fingerprint density at radius 2 is 1.67 bits per heavy atom. The van der Waals surface area contributed by atoms with Gasteiger partial charge in [0.05, 0.1) is 11.3 Å². The van der Waals surface area contributed by atoms with Crippen LogP contribution in [0.5, 0.6) is 0 Å². The monoisotopic (exact) mass is 321 g/mol. The minimum absolute atomic E-state index is 0.0998. The Hall–Kier alpha value is -3.13. The zero-order valence-electron chi connectivity index (χ0n) is 13.8. The van der Waals surface area contributed by atoms with Crippen molar-refractivity contribution in [1.29, 1.82) is 5.26 Å². The van der Waals surface area contributed by atoms with Crippen molar-refractivity contribution in [3.05, 3.63) is 65.7 Å². The van der Waals surface area contributed by atoms with Crippen molar-refractivity contribution in [3.63, 3.8) is 0 Å². The molecule has 24 heavy (non-hydrogen) atoms. The summed E-state index contributed by atoms with van der Waals surface area (Å²) in [5.74, 6) is -0.471. The van der Waals surface area contributed by atoms with Gasteiger partial charge in [0.25, 0.3) is 0 Å². The van der Waals surface area contributed by atoms with Crippen molar-refractivity contribution in [2.24, 2.45) is 0 Å². The molecule has 0 unspecified atom stereocenters. The minimum atomic E-state index is -0.279. The van der Waals surface area contributed by atoms with Gasteiger partial charge in [-0.25, -0.2) is 0 Å². The average molecular weight is 321 g/mol. The lowest BCUT2D eigenvalue weighted by molar-refractivity contribution is -0.130. The molecule has 2 aromatic rings. The van der Waals surface area contributed by atoms with Crippen LogP contribution >= 0.6 is 0 Å². The molecule has 0 radical (unpaired) electrons. The number of anilines is 1. The van der Waals surface area contributed by atoms with Gasteiger partial charge in [-0.2, -0.15) is 5.26 Å². The number of hydrogen-bond donors (Lipinski definition) is 0. The zero-order chi connectivity index (χ0) is 17.5. The molecule has 0 aromatic heterocycles. The smallest absolute Gasteiger partial charge is 0.242 e. The molecule has 0 aliphatic heterocycles. The van der Waals surface area contributed by atoms with Crippen LogP contribution < -0.4 is 4.90 Å². The quantitative estimate of drug-likeness (QED) is 0.850. The summed E-state index contributed by atoms with van der Waals surface area (Å²) >= 11 is 0. The van der Waals surface area contributed by atoms with Gasteiger partial charge in [-0.1, -0.05) is 42.5 Å². The average Bonchev–Trinajstić information content (AvgIpc) is 2.60. The molecule has 0 saturated carbocycles. The number of nitriles is 1. The van der Waals surface area contributed by atoms with Crippen molar-refractivity contribution < 1.29 is 9.59 Å². The van der Waals surface area contributed by atoms with E-state index in [4.69, 9.17) is 0 Å². The van der Waals surface area contributed by atoms with Gasteiger partial charge >= 0.3 is 0 Å². The number of benzene rings is 2. The van der Waals surface area contributed by atoms with Crippen LogP contribution in [0.4, 0.5) is 5.69 Å². The van der Waals surface area contributed by atoms with E-state index in [1.165, 1.54) is 11.8 Å². The van der Waals surface area contributed by atoms with Crippen LogP contribution in [0.15, 0.2) is 54.6 Å². The normalized spacial score (nSPS) is 9.88. The zero-order valence-corrected chi connectivity index (χ0v) is 13.8. The molecule has 0 N–H and O–H groups in total. The molecule has 5 heteroatoms. The second-order valence-corrected chi connectivity index (χ2v) is 5.47. The molecular weight excluding hydrogens is 302 g/mol. The summed E-state index contributed by atoms with van der Waals surface area (Å²) in [4.78, 5) is 27.4. The summed E-state index contributed by atoms with van der Waals surface area (Å²) in [5, 5.41) is 9.20. The molecule has 5 nitrogen and oxygen atoms in total. The van der Waals surface area contributed by atoms with Crippen molar-refractivity contribution in [2.75, 3.05) is 18.5 Å². The first kappa shape index (κ1) is 17.2. The van der Waals surface area contributed by atoms with Gasteiger partial charge in [-0.05, 0) is 17.7 Å². The third-order valence-electron chi connectivity index (χ3n) is 3.68. The van der Waals surface area contributed by atoms with Gasteiger partial charge in [0, 0.05) is 20.5 Å². The molecule has 2 rings (SSSR count). The third kappa shape index (κ3) is 4.20. The van der Waals surface area contributed by atoms with E-state index in [0.717, 1.165) is 5.56 Å². The Balaban J connectivity index is 2.14. The number of amides is 2. The van der Waals surface area contributed by atoms with Crippen molar-refractivity contribution >= 4 is 17.5 Å². The number of carbonyl (C=O) groups is 2. The molecule has 122 valence electrons. The maximum absolute atomic E-state index is 12.5. The van der Waals surface area contributed by atoms with Gasteiger partial charge in [0.2, 0.25) is 11.8 Å². The summed E-state index contributed by atoms with van der Waals surface area (Å²) in [7, 11) is 1.70. The van der Waals surface area contributed by atoms with Crippen molar-refractivity contribution in [3.8, 4) is 6.07 Å². The maximum Gasteiger partial charge on any atom is 0.242 e. The van der Waals surface area contributed by atoms with Gasteiger partial charge in [-0.3, -0.25) is 9.59 Å². The molecular formula is C19H19N3O2. The summed E-state index contributed by atoms with van der Waals surface area (Å²) in [6, 6.07) is 18.5. The number of rotatable bonds is 5. The molecule has 0 heterocycles. The fourth-order valence-corrected chi connectivity index (χ4v) is 2.37. The Morgan fingerprint density at radius 3 is 2.29 bits per heavy atom. The van der Waals surface area contributed by atoms with Gasteiger partial charge in [0.15, 0.2) is 0 Å². The minimum Gasteiger partial charge on any atom is -0.340 e. The first-order chi connectivity index (χ1) is 11.5. The van der Waals surface area contributed by atoms with Crippen LogP contribution in [-0.4, -0.2) is 30.3 Å². The molecule has 0 spiro atoms. The Bertz CT molecular complexity index is 766. The summed E-state index contributed by atoms with van der Waals surface area (Å²) in [6.45, 7) is 1.75. The molecule has 0 atom stereocenters. The highest BCUT2D eigenvalue weighted by Crippen LogP contribution is 2.20. The van der Waals surface area contributed by atoms with E-state index < -0.39 is 0 Å². The summed E-state index contributed by atoms with van der Waals surface area (Å²) < 4.78 is 0. The number of nitrogens with zero attached hydrogens (tertiary/aromatic N) is 3. The van der Waals surface area contributed by atoms with E-state index in [1.807, 2.05) is 30.3 Å². The van der Waals surface area contributed by atoms with E-state index in [2.05, 4.69) is 6.07 Å². The van der Waals surface area contributed by atoms with Crippen LogP contribution in [0.3, 0.4) is 0 Å². The second kappa shape index (κ2) is 7.93. The Labute approximate surface area is 141 Å². The second-order valence-electron chi connectivity index (χ2n) is 5.47. The highest BCUT2D eigenvalue weighted by atomic mass is 16.2. The lowest BCUT2D eigenvalue weighted by Gasteiger charge is -2.25. The van der Waals surface area contributed by atoms with E-state index in [0.29, 0.717) is 17.8 Å². The molecule has 0 saturated heterocycles. The van der Waals surface area contributed by atoms with E-state index in [1.54, 1.807) is 36.2 Å². The number of likely N-dealkylation sites (N-methyl/N-ethyl adjacent to an activating group) is 1. The standard InChI is InChI=1S/C19H19N3O2/c1-15(23)22(18-11-7-6-10-17(18)12-20)14-19(24)21(2)13-16-8-4-3-5-9-16/h3-11H,13-14H2,1-2H3. The van der Waals surface area contributed by atoms with Crippen LogP contribution in [0.2, 0.25) is 0 Å². The number of para-hydroxylation sites is 1. The van der Waals surface area contributed by atoms with Crippen LogP contribution in [-0.2, 0) is 16.1 Å². The first-order valence-corrected chi connectivity index (χ1v) is 7.58. The molecule has 0 fully saturated rings. The van der Waals surface area contributed by atoms with Crippen molar-refractivity contribution in [1.82, 2.24) is 4.90 Å². The van der Waals surface area contributed by atoms with Crippen LogP contribution in [0.25, 0.3) is 0 Å². The van der Waals surface area contributed by atoms with Crippen LogP contribution in [0.1, 0.15) is 18.1 Å². The van der Waals surface area contributed by atoms with E-state index >= 15 is 0 Å². The Morgan fingerprint density at radius 1 is 1.04 bits per heavy atom. The lowest BCUT2D eigenvalue weighted by atomic mass is 10.1. The molecule has 0 aliphatic carbocycles. The largest absolute Gasteiger partial charge is 0.340 e. The Kier molecular flexibility index (Phi) is 5.69. The predicted molar refractivity (Wildman–Crippen MR) is 92.1 cm³/mol. The number of carbonyl (C=O) groups excluding carboxylic acids is 2. The van der Waals surface area contributed by atoms with Gasteiger partial charge < -0.3 is 9.80 Å². The van der Waals surface area contributed by atoms with Gasteiger partial charge in [-0.15, -0.1) is 0 Å². The SMILES string of the molecule is CC(=O)N(CC(=O)N(C)Cc1ccccc1)c1ccccc1C#N. The lowest BCUT2D eigenvalue weighted by Crippen LogP contribution is -2.40. The predicted octanol–water partition coefficient (Wildman–Crippen LogP) is 2.57. The number of hydrogen-bond acceptors (Lipinski definition) is 3. The fourth-order valence-electron chi connectivity index (χ4n) is 2.37. The van der Waals surface area contributed by atoms with Gasteiger partial charge in [0.1, 0.15) is 12.6 Å².